The summed E-state index contributed by atoms with van der Waals surface area (Å²) in [4.78, 5) is 37.5. The Kier molecular flexibility index (Phi) is 5.45. The molecule has 0 fully saturated rings. The van der Waals surface area contributed by atoms with Crippen LogP contribution in [0.15, 0.2) is 48.5 Å². The lowest BCUT2D eigenvalue weighted by Gasteiger charge is -2.07. The SMILES string of the molecule is CC(=O)Nc1ccc(OC(=O)c2cccc(CO[N+](=O)[O-])c2)cc1. The number of hydrogen-bond donors (Lipinski definition) is 1. The molecule has 0 aliphatic heterocycles. The Morgan fingerprint density at radius 1 is 1.17 bits per heavy atom. The largest absolute Gasteiger partial charge is 0.423 e. The predicted octanol–water partition coefficient (Wildman–Crippen LogP) is 2.57. The minimum absolute atomic E-state index is 0.200. The molecule has 0 saturated heterocycles. The van der Waals surface area contributed by atoms with E-state index < -0.39 is 11.1 Å². The van der Waals surface area contributed by atoms with Crippen molar-refractivity contribution in [2.45, 2.75) is 13.5 Å². The predicted molar refractivity (Wildman–Crippen MR) is 83.9 cm³/mol. The van der Waals surface area contributed by atoms with Gasteiger partial charge in [-0.2, -0.15) is 0 Å². The first-order valence-corrected chi connectivity index (χ1v) is 6.90. The van der Waals surface area contributed by atoms with Crippen molar-refractivity contribution in [3.05, 3.63) is 69.8 Å². The summed E-state index contributed by atoms with van der Waals surface area (Å²) in [5.74, 6) is -0.500. The fourth-order valence-corrected chi connectivity index (χ4v) is 1.89. The summed E-state index contributed by atoms with van der Waals surface area (Å²) in [5.41, 5.74) is 1.30. The van der Waals surface area contributed by atoms with Gasteiger partial charge in [0.25, 0.3) is 5.09 Å². The lowest BCUT2D eigenvalue weighted by atomic mass is 10.1. The minimum atomic E-state index is -0.901. The number of anilines is 1. The van der Waals surface area contributed by atoms with Crippen LogP contribution < -0.4 is 10.1 Å². The number of nitrogens with one attached hydrogen (secondary N) is 1. The van der Waals surface area contributed by atoms with Gasteiger partial charge in [0.1, 0.15) is 12.4 Å². The number of esters is 1. The third-order valence-electron chi connectivity index (χ3n) is 2.88. The highest BCUT2D eigenvalue weighted by atomic mass is 16.9. The number of nitrogens with zero attached hydrogens (tertiary/aromatic N) is 1. The zero-order valence-electron chi connectivity index (χ0n) is 12.7. The van der Waals surface area contributed by atoms with E-state index >= 15 is 0 Å². The van der Waals surface area contributed by atoms with Gasteiger partial charge >= 0.3 is 5.97 Å². The minimum Gasteiger partial charge on any atom is -0.423 e. The van der Waals surface area contributed by atoms with Crippen molar-refractivity contribution in [3.8, 4) is 5.75 Å². The molecule has 0 aliphatic rings. The summed E-state index contributed by atoms with van der Waals surface area (Å²) < 4.78 is 5.21. The zero-order valence-corrected chi connectivity index (χ0v) is 12.7. The van der Waals surface area contributed by atoms with E-state index in [0.717, 1.165) is 0 Å². The molecule has 0 bridgehead atoms. The average molecular weight is 330 g/mol. The van der Waals surface area contributed by atoms with Crippen molar-refractivity contribution >= 4 is 17.6 Å². The first-order valence-electron chi connectivity index (χ1n) is 6.90. The molecule has 1 amide bonds. The molecule has 2 aromatic rings. The number of benzene rings is 2. The van der Waals surface area contributed by atoms with Gasteiger partial charge in [0.2, 0.25) is 5.91 Å². The summed E-state index contributed by atoms with van der Waals surface area (Å²) in [6.07, 6.45) is 0. The van der Waals surface area contributed by atoms with Crippen LogP contribution in [0.1, 0.15) is 22.8 Å². The molecule has 0 aromatic heterocycles. The maximum Gasteiger partial charge on any atom is 0.343 e. The number of carbonyl (C=O) groups is 2. The van der Waals surface area contributed by atoms with Gasteiger partial charge in [-0.15, -0.1) is 10.1 Å². The second-order valence-corrected chi connectivity index (χ2v) is 4.79. The van der Waals surface area contributed by atoms with E-state index in [1.165, 1.54) is 19.1 Å². The number of rotatable bonds is 6. The van der Waals surface area contributed by atoms with Gasteiger partial charge in [0, 0.05) is 12.6 Å². The van der Waals surface area contributed by atoms with Crippen LogP contribution in [0.2, 0.25) is 0 Å². The lowest BCUT2D eigenvalue weighted by Crippen LogP contribution is -2.10. The van der Waals surface area contributed by atoms with Crippen molar-refractivity contribution < 1.29 is 24.3 Å². The Hall–Kier alpha value is -3.42. The third-order valence-corrected chi connectivity index (χ3v) is 2.88. The van der Waals surface area contributed by atoms with E-state index in [2.05, 4.69) is 10.2 Å². The van der Waals surface area contributed by atoms with E-state index in [1.807, 2.05) is 0 Å². The third kappa shape index (κ3) is 5.09. The summed E-state index contributed by atoms with van der Waals surface area (Å²) in [6.45, 7) is 1.14. The van der Waals surface area contributed by atoms with Crippen LogP contribution in [0.3, 0.4) is 0 Å². The van der Waals surface area contributed by atoms with Crippen LogP contribution in [0.25, 0.3) is 0 Å². The van der Waals surface area contributed by atoms with Crippen molar-refractivity contribution in [3.63, 3.8) is 0 Å². The fourth-order valence-electron chi connectivity index (χ4n) is 1.89. The van der Waals surface area contributed by atoms with E-state index in [-0.39, 0.29) is 18.1 Å². The number of hydrogen-bond acceptors (Lipinski definition) is 6. The molecule has 0 saturated carbocycles. The first-order chi connectivity index (χ1) is 11.4. The van der Waals surface area contributed by atoms with Crippen molar-refractivity contribution in [2.24, 2.45) is 0 Å². The Labute approximate surface area is 137 Å². The van der Waals surface area contributed by atoms with E-state index in [0.29, 0.717) is 17.0 Å². The fraction of sp³-hybridized carbons (Fsp3) is 0.125. The van der Waals surface area contributed by atoms with Crippen molar-refractivity contribution in [1.29, 1.82) is 0 Å². The number of ether oxygens (including phenoxy) is 1. The molecule has 1 N–H and O–H groups in total. The summed E-state index contributed by atoms with van der Waals surface area (Å²) in [7, 11) is 0. The first kappa shape index (κ1) is 16.9. The summed E-state index contributed by atoms with van der Waals surface area (Å²) in [6, 6.07) is 12.5. The van der Waals surface area contributed by atoms with Gasteiger partial charge in [0.05, 0.1) is 5.56 Å². The molecule has 2 aromatic carbocycles. The number of carbonyl (C=O) groups excluding carboxylic acids is 2. The molecule has 0 radical (unpaired) electrons. The second kappa shape index (κ2) is 7.73. The molecule has 0 unspecified atom stereocenters. The van der Waals surface area contributed by atoms with Crippen molar-refractivity contribution in [1.82, 2.24) is 0 Å². The van der Waals surface area contributed by atoms with E-state index in [9.17, 15) is 19.7 Å². The van der Waals surface area contributed by atoms with Crippen LogP contribution in [-0.2, 0) is 16.2 Å². The molecule has 8 nitrogen and oxygen atoms in total. The van der Waals surface area contributed by atoms with Gasteiger partial charge < -0.3 is 14.9 Å². The van der Waals surface area contributed by atoms with Crippen LogP contribution in [0.5, 0.6) is 5.75 Å². The van der Waals surface area contributed by atoms with Crippen LogP contribution in [0.4, 0.5) is 5.69 Å². The summed E-state index contributed by atoms with van der Waals surface area (Å²) >= 11 is 0. The highest BCUT2D eigenvalue weighted by molar-refractivity contribution is 5.91. The topological polar surface area (TPSA) is 108 Å². The molecule has 2 rings (SSSR count). The second-order valence-electron chi connectivity index (χ2n) is 4.79. The highest BCUT2D eigenvalue weighted by Crippen LogP contribution is 2.17. The molecule has 0 atom stereocenters. The van der Waals surface area contributed by atoms with Crippen LogP contribution in [-0.4, -0.2) is 17.0 Å². The zero-order chi connectivity index (χ0) is 17.5. The maximum absolute atomic E-state index is 12.1. The standard InChI is InChI=1S/C16H14N2O6/c1-11(19)17-14-5-7-15(8-6-14)24-16(20)13-4-2-3-12(9-13)10-23-18(21)22/h2-9H,10H2,1H3,(H,17,19). The van der Waals surface area contributed by atoms with Gasteiger partial charge in [-0.25, -0.2) is 4.79 Å². The van der Waals surface area contributed by atoms with E-state index in [4.69, 9.17) is 4.74 Å². The van der Waals surface area contributed by atoms with Crippen molar-refractivity contribution in [2.75, 3.05) is 5.32 Å². The van der Waals surface area contributed by atoms with Gasteiger partial charge in [0.15, 0.2) is 0 Å². The molecule has 0 heterocycles. The van der Waals surface area contributed by atoms with E-state index in [1.54, 1.807) is 36.4 Å². The Morgan fingerprint density at radius 2 is 1.88 bits per heavy atom. The maximum atomic E-state index is 12.1. The Balaban J connectivity index is 2.02. The molecular formula is C16H14N2O6. The highest BCUT2D eigenvalue weighted by Gasteiger charge is 2.10. The average Bonchev–Trinajstić information content (AvgIpc) is 2.54. The molecule has 124 valence electrons. The summed E-state index contributed by atoms with van der Waals surface area (Å²) in [5, 5.41) is 11.9. The van der Waals surface area contributed by atoms with Gasteiger partial charge in [-0.05, 0) is 42.0 Å². The Bertz CT molecular complexity index is 757. The van der Waals surface area contributed by atoms with Crippen LogP contribution in [0, 0.1) is 10.1 Å². The quantitative estimate of drug-likeness (QED) is 0.377. The Morgan fingerprint density at radius 3 is 2.50 bits per heavy atom. The monoisotopic (exact) mass is 330 g/mol. The molecule has 0 spiro atoms. The molecule has 24 heavy (non-hydrogen) atoms. The number of amides is 1. The lowest BCUT2D eigenvalue weighted by molar-refractivity contribution is -0.763. The molecular weight excluding hydrogens is 316 g/mol. The smallest absolute Gasteiger partial charge is 0.343 e. The van der Waals surface area contributed by atoms with Crippen LogP contribution >= 0.6 is 0 Å². The molecule has 8 heteroatoms. The van der Waals surface area contributed by atoms with Gasteiger partial charge in [-0.1, -0.05) is 12.1 Å². The normalized spacial score (nSPS) is 9.88. The molecule has 0 aliphatic carbocycles. The van der Waals surface area contributed by atoms with Gasteiger partial charge in [-0.3, -0.25) is 4.79 Å².